The van der Waals surface area contributed by atoms with Crippen molar-refractivity contribution in [2.45, 2.75) is 6.61 Å². The predicted octanol–water partition coefficient (Wildman–Crippen LogP) is 4.41. The van der Waals surface area contributed by atoms with E-state index in [-0.39, 0.29) is 22.2 Å². The van der Waals surface area contributed by atoms with Crippen LogP contribution >= 0.6 is 23.2 Å². The molecule has 104 valence electrons. The number of ether oxygens (including phenoxy) is 1. The van der Waals surface area contributed by atoms with Gasteiger partial charge < -0.3 is 9.84 Å². The summed E-state index contributed by atoms with van der Waals surface area (Å²) in [4.78, 5) is 10.8. The Morgan fingerprint density at radius 3 is 2.65 bits per heavy atom. The van der Waals surface area contributed by atoms with Crippen LogP contribution in [0.3, 0.4) is 0 Å². The van der Waals surface area contributed by atoms with Crippen LogP contribution in [-0.4, -0.2) is 11.1 Å². The molecule has 0 fully saturated rings. The molecule has 0 saturated carbocycles. The summed E-state index contributed by atoms with van der Waals surface area (Å²) in [7, 11) is 0. The normalized spacial score (nSPS) is 10.3. The minimum absolute atomic E-state index is 0.00854. The minimum Gasteiger partial charge on any atom is -0.487 e. The molecule has 0 amide bonds. The highest BCUT2D eigenvalue weighted by molar-refractivity contribution is 6.32. The lowest BCUT2D eigenvalue weighted by atomic mass is 10.2. The van der Waals surface area contributed by atoms with Crippen LogP contribution in [0.15, 0.2) is 36.4 Å². The Bertz CT molecular complexity index is 659. The third-order valence-corrected chi connectivity index (χ3v) is 3.31. The number of benzene rings is 2. The number of rotatable bonds is 4. The summed E-state index contributed by atoms with van der Waals surface area (Å²) in [5, 5.41) is 8.97. The second-order valence-corrected chi connectivity index (χ2v) is 4.74. The molecule has 20 heavy (non-hydrogen) atoms. The van der Waals surface area contributed by atoms with Crippen molar-refractivity contribution in [3.63, 3.8) is 0 Å². The Balaban J connectivity index is 2.15. The Morgan fingerprint density at radius 1 is 1.25 bits per heavy atom. The number of carbonyl (C=O) groups is 1. The number of hydrogen-bond donors (Lipinski definition) is 1. The van der Waals surface area contributed by atoms with E-state index in [1.807, 2.05) is 0 Å². The van der Waals surface area contributed by atoms with Gasteiger partial charge in [-0.2, -0.15) is 0 Å². The fourth-order valence-corrected chi connectivity index (χ4v) is 1.98. The van der Waals surface area contributed by atoms with Crippen LogP contribution in [0.5, 0.6) is 5.75 Å². The fourth-order valence-electron chi connectivity index (χ4n) is 1.57. The second kappa shape index (κ2) is 6.11. The third-order valence-electron chi connectivity index (χ3n) is 2.59. The van der Waals surface area contributed by atoms with E-state index in [1.165, 1.54) is 30.3 Å². The molecule has 0 aliphatic rings. The molecule has 2 aromatic rings. The topological polar surface area (TPSA) is 46.5 Å². The molecule has 0 atom stereocenters. The monoisotopic (exact) mass is 314 g/mol. The van der Waals surface area contributed by atoms with Gasteiger partial charge in [0, 0.05) is 5.56 Å². The molecule has 0 unspecified atom stereocenters. The zero-order valence-corrected chi connectivity index (χ0v) is 11.6. The molecular formula is C14H9Cl2FO3. The van der Waals surface area contributed by atoms with Crippen molar-refractivity contribution in [1.82, 2.24) is 0 Å². The maximum Gasteiger partial charge on any atom is 0.335 e. The van der Waals surface area contributed by atoms with Gasteiger partial charge in [0.1, 0.15) is 18.2 Å². The molecule has 3 nitrogen and oxygen atoms in total. The van der Waals surface area contributed by atoms with Crippen molar-refractivity contribution in [3.8, 4) is 5.75 Å². The van der Waals surface area contributed by atoms with Gasteiger partial charge in [0.05, 0.1) is 15.6 Å². The van der Waals surface area contributed by atoms with Gasteiger partial charge in [0.15, 0.2) is 0 Å². The van der Waals surface area contributed by atoms with Gasteiger partial charge in [-0.1, -0.05) is 35.3 Å². The first kappa shape index (κ1) is 14.6. The highest BCUT2D eigenvalue weighted by Gasteiger charge is 2.10. The van der Waals surface area contributed by atoms with E-state index in [9.17, 15) is 9.18 Å². The van der Waals surface area contributed by atoms with E-state index in [2.05, 4.69) is 0 Å². The van der Waals surface area contributed by atoms with Crippen molar-refractivity contribution in [3.05, 3.63) is 63.4 Å². The molecule has 2 rings (SSSR count). The maximum absolute atomic E-state index is 13.2. The van der Waals surface area contributed by atoms with Crippen molar-refractivity contribution in [2.24, 2.45) is 0 Å². The highest BCUT2D eigenvalue weighted by atomic mass is 35.5. The molecule has 0 spiro atoms. The molecule has 2 aromatic carbocycles. The number of carboxylic acid groups (broad SMARTS) is 1. The van der Waals surface area contributed by atoms with Gasteiger partial charge in [-0.25, -0.2) is 9.18 Å². The second-order valence-electron chi connectivity index (χ2n) is 3.95. The largest absolute Gasteiger partial charge is 0.487 e. The van der Waals surface area contributed by atoms with Crippen LogP contribution in [0.2, 0.25) is 10.0 Å². The van der Waals surface area contributed by atoms with E-state index in [1.54, 1.807) is 6.07 Å². The van der Waals surface area contributed by atoms with E-state index >= 15 is 0 Å². The minimum atomic E-state index is -1.08. The number of carboxylic acids is 1. The number of hydrogen-bond acceptors (Lipinski definition) is 2. The van der Waals surface area contributed by atoms with E-state index in [0.29, 0.717) is 11.3 Å². The number of aromatic carboxylic acids is 1. The first-order valence-corrected chi connectivity index (χ1v) is 6.33. The average Bonchev–Trinajstić information content (AvgIpc) is 2.41. The van der Waals surface area contributed by atoms with Gasteiger partial charge in [-0.3, -0.25) is 0 Å². The zero-order chi connectivity index (χ0) is 14.7. The van der Waals surface area contributed by atoms with Gasteiger partial charge in [-0.15, -0.1) is 0 Å². The first-order chi connectivity index (χ1) is 9.49. The maximum atomic E-state index is 13.2. The van der Waals surface area contributed by atoms with Crippen molar-refractivity contribution in [1.29, 1.82) is 0 Å². The molecule has 0 aromatic heterocycles. The quantitative estimate of drug-likeness (QED) is 0.909. The molecule has 1 N–H and O–H groups in total. The van der Waals surface area contributed by atoms with E-state index < -0.39 is 11.8 Å². The van der Waals surface area contributed by atoms with Gasteiger partial charge in [-0.05, 0) is 24.3 Å². The smallest absolute Gasteiger partial charge is 0.335 e. The zero-order valence-electron chi connectivity index (χ0n) is 10.1. The third kappa shape index (κ3) is 3.21. The van der Waals surface area contributed by atoms with Crippen LogP contribution in [0.1, 0.15) is 15.9 Å². The summed E-state index contributed by atoms with van der Waals surface area (Å²) in [6.07, 6.45) is 0. The molecule has 0 aliphatic heterocycles. The van der Waals surface area contributed by atoms with Crippen LogP contribution in [0, 0.1) is 5.82 Å². The average molecular weight is 315 g/mol. The van der Waals surface area contributed by atoms with Crippen LogP contribution in [0.25, 0.3) is 0 Å². The van der Waals surface area contributed by atoms with Crippen LogP contribution < -0.4 is 4.74 Å². The highest BCUT2D eigenvalue weighted by Crippen LogP contribution is 2.28. The van der Waals surface area contributed by atoms with Crippen LogP contribution in [-0.2, 0) is 6.61 Å². The van der Waals surface area contributed by atoms with Crippen LogP contribution in [0.4, 0.5) is 4.39 Å². The number of halogens is 3. The summed E-state index contributed by atoms with van der Waals surface area (Å²) >= 11 is 11.7. The van der Waals surface area contributed by atoms with E-state index in [0.717, 1.165) is 0 Å². The predicted molar refractivity (Wildman–Crippen MR) is 74.2 cm³/mol. The lowest BCUT2D eigenvalue weighted by molar-refractivity contribution is 0.0697. The van der Waals surface area contributed by atoms with Gasteiger partial charge >= 0.3 is 5.97 Å². The molecule has 6 heteroatoms. The molecule has 0 bridgehead atoms. The summed E-state index contributed by atoms with van der Waals surface area (Å²) in [5.74, 6) is -1.30. The standard InChI is InChI=1S/C14H9Cl2FO3/c15-10-6-8(14(18)19)4-5-12(10)20-7-9-2-1-3-11(17)13(9)16/h1-6H,7H2,(H,18,19). The summed E-state index contributed by atoms with van der Waals surface area (Å²) < 4.78 is 18.7. The Kier molecular flexibility index (Phi) is 4.47. The summed E-state index contributed by atoms with van der Waals surface area (Å²) in [5.41, 5.74) is 0.538. The van der Waals surface area contributed by atoms with Crippen molar-refractivity contribution < 1.29 is 19.0 Å². The van der Waals surface area contributed by atoms with Gasteiger partial charge in [0.2, 0.25) is 0 Å². The molecule has 0 aliphatic carbocycles. The fraction of sp³-hybridized carbons (Fsp3) is 0.0714. The SMILES string of the molecule is O=C(O)c1ccc(OCc2cccc(F)c2Cl)c(Cl)c1. The first-order valence-electron chi connectivity index (χ1n) is 5.57. The lowest BCUT2D eigenvalue weighted by Crippen LogP contribution is -2.00. The van der Waals surface area contributed by atoms with Crippen molar-refractivity contribution >= 4 is 29.2 Å². The molecule has 0 radical (unpaired) electrons. The lowest BCUT2D eigenvalue weighted by Gasteiger charge is -2.10. The van der Waals surface area contributed by atoms with E-state index in [4.69, 9.17) is 33.0 Å². The Morgan fingerprint density at radius 2 is 2.00 bits per heavy atom. The Labute approximate surface area is 124 Å². The molecular weight excluding hydrogens is 306 g/mol. The Hall–Kier alpha value is -1.78. The summed E-state index contributed by atoms with van der Waals surface area (Å²) in [6, 6.07) is 8.50. The summed E-state index contributed by atoms with van der Waals surface area (Å²) in [6.45, 7) is 0.0305. The molecule has 0 heterocycles. The van der Waals surface area contributed by atoms with Crippen molar-refractivity contribution in [2.75, 3.05) is 0 Å². The molecule has 0 saturated heterocycles. The van der Waals surface area contributed by atoms with Gasteiger partial charge in [0.25, 0.3) is 0 Å².